The Morgan fingerprint density at radius 1 is 1.28 bits per heavy atom. The van der Waals surface area contributed by atoms with Crippen LogP contribution in [0.3, 0.4) is 0 Å². The van der Waals surface area contributed by atoms with E-state index in [1.165, 1.54) is 7.11 Å². The number of carboxylic acid groups (broad SMARTS) is 1. The topological polar surface area (TPSA) is 101 Å². The number of aromatic nitrogens is 1. The van der Waals surface area contributed by atoms with Crippen molar-refractivity contribution in [2.24, 2.45) is 23.9 Å². The lowest BCUT2D eigenvalue weighted by Gasteiger charge is -2.25. The molecule has 3 unspecified atom stereocenters. The molecule has 0 amide bonds. The van der Waals surface area contributed by atoms with Crippen LogP contribution in [0, 0.1) is 11.8 Å². The van der Waals surface area contributed by atoms with E-state index in [4.69, 9.17) is 4.74 Å². The first-order chi connectivity index (χ1) is 15.3. The Bertz CT molecular complexity index is 1100. The molecular formula is C24H29N3O5. The molecule has 2 aliphatic rings. The van der Waals surface area contributed by atoms with Gasteiger partial charge in [-0.05, 0) is 49.6 Å². The van der Waals surface area contributed by atoms with Crippen LogP contribution in [-0.4, -0.2) is 64.2 Å². The van der Waals surface area contributed by atoms with Crippen molar-refractivity contribution in [2.45, 2.75) is 38.8 Å². The maximum absolute atomic E-state index is 12.7. The molecule has 1 aromatic heterocycles. The third-order valence-corrected chi connectivity index (χ3v) is 6.81. The van der Waals surface area contributed by atoms with Gasteiger partial charge in [-0.2, -0.15) is 0 Å². The molecule has 0 saturated carbocycles. The van der Waals surface area contributed by atoms with Crippen molar-refractivity contribution in [3.05, 3.63) is 35.5 Å². The Kier molecular flexibility index (Phi) is 6.15. The maximum Gasteiger partial charge on any atom is 0.323 e. The molecule has 170 valence electrons. The van der Waals surface area contributed by atoms with Gasteiger partial charge in [-0.15, -0.1) is 0 Å². The number of carbonyl (C=O) groups is 3. The van der Waals surface area contributed by atoms with Crippen LogP contribution in [0.4, 0.5) is 0 Å². The van der Waals surface area contributed by atoms with Crippen molar-refractivity contribution in [2.75, 3.05) is 20.2 Å². The molecule has 3 heterocycles. The number of carboxylic acids is 1. The summed E-state index contributed by atoms with van der Waals surface area (Å²) in [5.41, 5.74) is 3.67. The summed E-state index contributed by atoms with van der Waals surface area (Å²) >= 11 is 0. The van der Waals surface area contributed by atoms with Gasteiger partial charge in [0.1, 0.15) is 12.0 Å². The molecule has 1 saturated heterocycles. The molecule has 1 aromatic carbocycles. The van der Waals surface area contributed by atoms with Gasteiger partial charge >= 0.3 is 11.9 Å². The number of hydrogen-bond acceptors (Lipinski definition) is 6. The second-order valence-electron chi connectivity index (χ2n) is 8.60. The van der Waals surface area contributed by atoms with Gasteiger partial charge in [-0.1, -0.05) is 13.0 Å². The van der Waals surface area contributed by atoms with Crippen LogP contribution in [0.25, 0.3) is 10.9 Å². The lowest BCUT2D eigenvalue weighted by molar-refractivity contribution is -0.147. The minimum atomic E-state index is -1.11. The third kappa shape index (κ3) is 3.83. The quantitative estimate of drug-likeness (QED) is 0.548. The highest BCUT2D eigenvalue weighted by molar-refractivity contribution is 6.19. The fraction of sp³-hybridized carbons (Fsp3) is 0.500. The number of ketones is 1. The molecule has 8 nitrogen and oxygen atoms in total. The van der Waals surface area contributed by atoms with Gasteiger partial charge in [0.05, 0.1) is 25.3 Å². The van der Waals surface area contributed by atoms with E-state index >= 15 is 0 Å². The smallest absolute Gasteiger partial charge is 0.323 e. The van der Waals surface area contributed by atoms with Crippen LogP contribution in [0.5, 0.6) is 0 Å². The summed E-state index contributed by atoms with van der Waals surface area (Å²) in [6.45, 7) is 3.38. The van der Waals surface area contributed by atoms with Gasteiger partial charge in [0, 0.05) is 30.2 Å². The molecule has 3 atom stereocenters. The van der Waals surface area contributed by atoms with Crippen LogP contribution < -0.4 is 0 Å². The summed E-state index contributed by atoms with van der Waals surface area (Å²) in [7, 11) is 3.44. The average Bonchev–Trinajstić information content (AvgIpc) is 3.37. The largest absolute Gasteiger partial charge is 0.481 e. The van der Waals surface area contributed by atoms with E-state index in [1.54, 1.807) is 0 Å². The Morgan fingerprint density at radius 3 is 2.75 bits per heavy atom. The van der Waals surface area contributed by atoms with Crippen molar-refractivity contribution in [3.8, 4) is 0 Å². The van der Waals surface area contributed by atoms with E-state index in [1.807, 2.05) is 32.2 Å². The molecule has 2 aromatic rings. The minimum absolute atomic E-state index is 0.0120. The van der Waals surface area contributed by atoms with E-state index in [-0.39, 0.29) is 24.3 Å². The molecule has 32 heavy (non-hydrogen) atoms. The zero-order chi connectivity index (χ0) is 23.0. The molecular weight excluding hydrogens is 410 g/mol. The number of Topliss-reactive ketones (excluding diaryl/α,β-unsaturated/α-hetero) is 1. The fourth-order valence-electron chi connectivity index (χ4n) is 5.00. The fourth-order valence-corrected chi connectivity index (χ4v) is 5.00. The zero-order valence-corrected chi connectivity index (χ0v) is 18.7. The molecule has 4 rings (SSSR count). The van der Waals surface area contributed by atoms with Crippen LogP contribution in [0.2, 0.25) is 0 Å². The van der Waals surface area contributed by atoms with Crippen LogP contribution in [0.1, 0.15) is 37.4 Å². The highest BCUT2D eigenvalue weighted by Crippen LogP contribution is 2.29. The van der Waals surface area contributed by atoms with Gasteiger partial charge in [0.2, 0.25) is 0 Å². The number of aliphatic imine (C=N–C) groups is 1. The first-order valence-electron chi connectivity index (χ1n) is 11.1. The van der Waals surface area contributed by atoms with Crippen molar-refractivity contribution < 1.29 is 24.2 Å². The standard InChI is InChI=1S/C24H29N3O5/c1-4-17-21(25-12-18(22(17)28)23(29)30)14-7-8-19-15(10-14)11-16(26(19)2)13-27-9-5-6-20(27)24(31)32-3/h7-8,10-11,17-18,20H,4-6,9,12-13H2,1-3H3,(H,29,30). The van der Waals surface area contributed by atoms with E-state index in [9.17, 15) is 19.5 Å². The lowest BCUT2D eigenvalue weighted by Crippen LogP contribution is -2.40. The first-order valence-corrected chi connectivity index (χ1v) is 11.1. The number of rotatable bonds is 6. The molecule has 8 heteroatoms. The molecule has 0 aliphatic carbocycles. The number of fused-ring (bicyclic) bond motifs is 1. The number of methoxy groups -OCH3 is 1. The molecule has 1 fully saturated rings. The number of aryl methyl sites for hydroxylation is 1. The summed E-state index contributed by atoms with van der Waals surface area (Å²) < 4.78 is 7.08. The lowest BCUT2D eigenvalue weighted by atomic mass is 9.82. The predicted octanol–water partition coefficient (Wildman–Crippen LogP) is 2.41. The summed E-state index contributed by atoms with van der Waals surface area (Å²) in [4.78, 5) is 42.8. The Morgan fingerprint density at radius 2 is 2.06 bits per heavy atom. The van der Waals surface area contributed by atoms with Crippen molar-refractivity contribution in [1.82, 2.24) is 9.47 Å². The van der Waals surface area contributed by atoms with E-state index < -0.39 is 17.8 Å². The average molecular weight is 440 g/mol. The number of benzene rings is 1. The number of carbonyl (C=O) groups excluding carboxylic acids is 2. The van der Waals surface area contributed by atoms with Gasteiger partial charge < -0.3 is 14.4 Å². The maximum atomic E-state index is 12.7. The van der Waals surface area contributed by atoms with E-state index in [2.05, 4.69) is 20.5 Å². The number of ether oxygens (including phenoxy) is 1. The van der Waals surface area contributed by atoms with Crippen LogP contribution >= 0.6 is 0 Å². The molecule has 0 bridgehead atoms. The normalized spacial score (nSPS) is 24.0. The Hall–Kier alpha value is -3.00. The molecule has 2 aliphatic heterocycles. The van der Waals surface area contributed by atoms with Crippen molar-refractivity contribution in [1.29, 1.82) is 0 Å². The molecule has 1 N–H and O–H groups in total. The monoisotopic (exact) mass is 439 g/mol. The number of nitrogens with zero attached hydrogens (tertiary/aromatic N) is 3. The summed E-state index contributed by atoms with van der Waals surface area (Å²) in [5, 5.41) is 10.3. The number of aliphatic carboxylic acids is 1. The predicted molar refractivity (Wildman–Crippen MR) is 120 cm³/mol. The van der Waals surface area contributed by atoms with Gasteiger partial charge in [-0.3, -0.25) is 24.3 Å². The summed E-state index contributed by atoms with van der Waals surface area (Å²) in [6, 6.07) is 7.89. The first kappa shape index (κ1) is 22.2. The second-order valence-corrected chi connectivity index (χ2v) is 8.60. The van der Waals surface area contributed by atoms with Gasteiger partial charge in [-0.25, -0.2) is 0 Å². The van der Waals surface area contributed by atoms with E-state index in [0.717, 1.165) is 41.5 Å². The van der Waals surface area contributed by atoms with Crippen molar-refractivity contribution in [3.63, 3.8) is 0 Å². The number of esters is 1. The third-order valence-electron chi connectivity index (χ3n) is 6.81. The number of likely N-dealkylation sites (tertiary alicyclic amines) is 1. The zero-order valence-electron chi connectivity index (χ0n) is 18.7. The SMILES string of the molecule is CCC1C(=O)C(C(=O)O)CN=C1c1ccc2c(c1)cc(CN1CCCC1C(=O)OC)n2C. The number of hydrogen-bond donors (Lipinski definition) is 1. The second kappa shape index (κ2) is 8.86. The minimum Gasteiger partial charge on any atom is -0.481 e. The van der Waals surface area contributed by atoms with Gasteiger partial charge in [0.25, 0.3) is 0 Å². The highest BCUT2D eigenvalue weighted by Gasteiger charge is 2.38. The summed E-state index contributed by atoms with van der Waals surface area (Å²) in [5.74, 6) is -3.11. The van der Waals surface area contributed by atoms with Crippen LogP contribution in [-0.2, 0) is 32.7 Å². The van der Waals surface area contributed by atoms with Gasteiger partial charge in [0.15, 0.2) is 5.78 Å². The summed E-state index contributed by atoms with van der Waals surface area (Å²) in [6.07, 6.45) is 2.30. The van der Waals surface area contributed by atoms with E-state index in [0.29, 0.717) is 18.7 Å². The highest BCUT2D eigenvalue weighted by atomic mass is 16.5. The Labute approximate surface area is 186 Å². The molecule has 0 radical (unpaired) electrons. The molecule has 0 spiro atoms. The van der Waals surface area contributed by atoms with Crippen molar-refractivity contribution >= 4 is 34.3 Å². The Balaban J connectivity index is 1.64. The van der Waals surface area contributed by atoms with Crippen LogP contribution in [0.15, 0.2) is 29.3 Å².